The zero-order valence-corrected chi connectivity index (χ0v) is 17.9. The van der Waals surface area contributed by atoms with Crippen molar-refractivity contribution in [1.82, 2.24) is 20.3 Å². The summed E-state index contributed by atoms with van der Waals surface area (Å²) in [5, 5.41) is 8.83. The van der Waals surface area contributed by atoms with E-state index in [0.717, 1.165) is 16.6 Å². The van der Waals surface area contributed by atoms with Crippen LogP contribution in [0.3, 0.4) is 0 Å². The summed E-state index contributed by atoms with van der Waals surface area (Å²) in [5.41, 5.74) is 2.27. The van der Waals surface area contributed by atoms with Crippen molar-refractivity contribution in [3.63, 3.8) is 0 Å². The number of aryl methyl sites for hydroxylation is 1. The minimum atomic E-state index is -0.559. The minimum absolute atomic E-state index is 0.0562. The number of nitrogens with one attached hydrogen (secondary N) is 3. The van der Waals surface area contributed by atoms with Gasteiger partial charge in [0.1, 0.15) is 5.82 Å². The molecule has 0 bridgehead atoms. The summed E-state index contributed by atoms with van der Waals surface area (Å²) in [4.78, 5) is 28.8. The first kappa shape index (κ1) is 21.9. The van der Waals surface area contributed by atoms with Crippen molar-refractivity contribution in [2.24, 2.45) is 0 Å². The van der Waals surface area contributed by atoms with Crippen LogP contribution in [-0.2, 0) is 0 Å². The summed E-state index contributed by atoms with van der Waals surface area (Å²) in [7, 11) is 1.73. The second-order valence-corrected chi connectivity index (χ2v) is 7.73. The molecule has 0 fully saturated rings. The number of amides is 2. The van der Waals surface area contributed by atoms with E-state index in [4.69, 9.17) is 6.57 Å². The van der Waals surface area contributed by atoms with E-state index in [0.29, 0.717) is 30.1 Å². The Kier molecular flexibility index (Phi) is 6.30. The Hall–Kier alpha value is -3.80. The molecule has 3 rings (SSSR count). The lowest BCUT2D eigenvalue weighted by Gasteiger charge is -2.13. The molecular formula is C22H24FN7O. The lowest BCUT2D eigenvalue weighted by molar-refractivity contribution is 0.251. The predicted molar refractivity (Wildman–Crippen MR) is 119 cm³/mol. The van der Waals surface area contributed by atoms with E-state index in [9.17, 15) is 9.18 Å². The standard InChI is InChI=1S/C22H24FN7O/c1-13-16(10-15-12-27-20(24-4)30-19(15)28-13)14-6-7-17(23)18(11-14)29-21(31)26-9-8-22(2,3)25-5/h6-7,10-12H,8-9H2,1-4H3,(H2,26,29,31)(H,24,27,28,30). The average Bonchev–Trinajstić information content (AvgIpc) is 2.74. The number of rotatable bonds is 6. The smallest absolute Gasteiger partial charge is 0.319 e. The van der Waals surface area contributed by atoms with Crippen LogP contribution in [0, 0.1) is 19.3 Å². The van der Waals surface area contributed by atoms with Gasteiger partial charge in [-0.05, 0) is 30.7 Å². The second-order valence-electron chi connectivity index (χ2n) is 7.73. The number of pyridine rings is 1. The molecule has 0 unspecified atom stereocenters. The molecule has 0 atom stereocenters. The largest absolute Gasteiger partial charge is 0.357 e. The van der Waals surface area contributed by atoms with E-state index in [-0.39, 0.29) is 5.69 Å². The average molecular weight is 421 g/mol. The number of aromatic nitrogens is 3. The van der Waals surface area contributed by atoms with Crippen LogP contribution < -0.4 is 16.0 Å². The minimum Gasteiger partial charge on any atom is -0.357 e. The zero-order chi connectivity index (χ0) is 22.6. The maximum Gasteiger partial charge on any atom is 0.319 e. The monoisotopic (exact) mass is 421 g/mol. The zero-order valence-electron chi connectivity index (χ0n) is 17.9. The highest BCUT2D eigenvalue weighted by molar-refractivity contribution is 5.91. The summed E-state index contributed by atoms with van der Waals surface area (Å²) in [6, 6.07) is 5.86. The van der Waals surface area contributed by atoms with Crippen molar-refractivity contribution in [1.29, 1.82) is 0 Å². The van der Waals surface area contributed by atoms with E-state index < -0.39 is 17.4 Å². The summed E-state index contributed by atoms with van der Waals surface area (Å²) in [6.07, 6.45) is 2.16. The van der Waals surface area contributed by atoms with Crippen molar-refractivity contribution in [3.8, 4) is 11.1 Å². The van der Waals surface area contributed by atoms with Gasteiger partial charge < -0.3 is 20.8 Å². The molecule has 160 valence electrons. The van der Waals surface area contributed by atoms with Gasteiger partial charge in [0, 0.05) is 56.7 Å². The molecule has 8 nitrogen and oxygen atoms in total. The highest BCUT2D eigenvalue weighted by Gasteiger charge is 2.22. The first-order chi connectivity index (χ1) is 14.7. The number of hydrogen-bond donors (Lipinski definition) is 3. The number of carbonyl (C=O) groups excluding carboxylic acids is 1. The molecule has 0 aliphatic heterocycles. The van der Waals surface area contributed by atoms with Crippen molar-refractivity contribution in [2.75, 3.05) is 24.2 Å². The first-order valence-electron chi connectivity index (χ1n) is 9.78. The molecule has 9 heteroatoms. The number of benzene rings is 1. The van der Waals surface area contributed by atoms with Crippen LogP contribution >= 0.6 is 0 Å². The van der Waals surface area contributed by atoms with Gasteiger partial charge in [-0.1, -0.05) is 6.07 Å². The molecule has 0 saturated carbocycles. The van der Waals surface area contributed by atoms with E-state index in [1.807, 2.05) is 13.0 Å². The fourth-order valence-corrected chi connectivity index (χ4v) is 2.96. The van der Waals surface area contributed by atoms with Crippen LogP contribution in [0.15, 0.2) is 30.5 Å². The van der Waals surface area contributed by atoms with Gasteiger partial charge in [0.2, 0.25) is 11.5 Å². The molecule has 3 N–H and O–H groups in total. The van der Waals surface area contributed by atoms with Crippen LogP contribution in [0.5, 0.6) is 0 Å². The molecule has 0 aliphatic carbocycles. The first-order valence-corrected chi connectivity index (χ1v) is 9.78. The summed E-state index contributed by atoms with van der Waals surface area (Å²) in [5.74, 6) is -0.0694. The summed E-state index contributed by atoms with van der Waals surface area (Å²) < 4.78 is 14.3. The fourth-order valence-electron chi connectivity index (χ4n) is 2.96. The molecule has 3 aromatic rings. The molecule has 2 heterocycles. The van der Waals surface area contributed by atoms with Crippen LogP contribution in [0.25, 0.3) is 27.0 Å². The highest BCUT2D eigenvalue weighted by Crippen LogP contribution is 2.29. The lowest BCUT2D eigenvalue weighted by atomic mass is 10.0. The summed E-state index contributed by atoms with van der Waals surface area (Å²) >= 11 is 0. The number of nitrogens with zero attached hydrogens (tertiary/aromatic N) is 4. The number of fused-ring (bicyclic) bond motifs is 1. The van der Waals surface area contributed by atoms with Gasteiger partial charge in [0.25, 0.3) is 0 Å². The third-order valence-corrected chi connectivity index (χ3v) is 4.83. The predicted octanol–water partition coefficient (Wildman–Crippen LogP) is 4.39. The summed E-state index contributed by atoms with van der Waals surface area (Å²) in [6.45, 7) is 12.9. The molecule has 0 aliphatic rings. The van der Waals surface area contributed by atoms with Crippen molar-refractivity contribution in [3.05, 3.63) is 53.4 Å². The molecule has 0 spiro atoms. The van der Waals surface area contributed by atoms with Gasteiger partial charge in [-0.15, -0.1) is 0 Å². The van der Waals surface area contributed by atoms with Gasteiger partial charge >= 0.3 is 6.03 Å². The van der Waals surface area contributed by atoms with Gasteiger partial charge in [-0.25, -0.2) is 25.7 Å². The molecule has 0 saturated heterocycles. The van der Waals surface area contributed by atoms with Crippen LogP contribution in [0.4, 0.5) is 20.8 Å². The Balaban J connectivity index is 1.81. The fraction of sp³-hybridized carbons (Fsp3) is 0.318. The van der Waals surface area contributed by atoms with Crippen LogP contribution in [0.1, 0.15) is 26.0 Å². The van der Waals surface area contributed by atoms with Gasteiger partial charge in [-0.3, -0.25) is 0 Å². The normalized spacial score (nSPS) is 11.1. The number of carbonyl (C=O) groups is 1. The van der Waals surface area contributed by atoms with Crippen LogP contribution in [-0.4, -0.2) is 40.1 Å². The Morgan fingerprint density at radius 2 is 2.03 bits per heavy atom. The third-order valence-electron chi connectivity index (χ3n) is 4.83. The third kappa shape index (κ3) is 5.22. The maximum atomic E-state index is 14.3. The number of urea groups is 1. The number of hydrogen-bond acceptors (Lipinski definition) is 5. The quantitative estimate of drug-likeness (QED) is 0.513. The molecule has 0 radical (unpaired) electrons. The molecule has 2 amide bonds. The topological polar surface area (TPSA) is 96.2 Å². The van der Waals surface area contributed by atoms with Crippen molar-refractivity contribution >= 4 is 28.7 Å². The van der Waals surface area contributed by atoms with Gasteiger partial charge in [0.05, 0.1) is 5.69 Å². The van der Waals surface area contributed by atoms with Crippen molar-refractivity contribution in [2.45, 2.75) is 32.7 Å². The van der Waals surface area contributed by atoms with E-state index in [1.165, 1.54) is 6.07 Å². The number of anilines is 2. The molecule has 2 aromatic heterocycles. The maximum absolute atomic E-state index is 14.3. The van der Waals surface area contributed by atoms with E-state index >= 15 is 0 Å². The van der Waals surface area contributed by atoms with E-state index in [1.54, 1.807) is 39.2 Å². The Bertz CT molecular complexity index is 1170. The Morgan fingerprint density at radius 1 is 1.26 bits per heavy atom. The molecule has 1 aromatic carbocycles. The Morgan fingerprint density at radius 3 is 2.74 bits per heavy atom. The SMILES string of the molecule is [C-]#[N+]C(C)(C)CCNC(=O)Nc1cc(-c2cc3cnc(NC)nc3nc2C)ccc1F. The second kappa shape index (κ2) is 8.92. The van der Waals surface area contributed by atoms with Crippen LogP contribution in [0.2, 0.25) is 0 Å². The molecular weight excluding hydrogens is 397 g/mol. The van der Waals surface area contributed by atoms with E-state index in [2.05, 4.69) is 35.7 Å². The lowest BCUT2D eigenvalue weighted by Crippen LogP contribution is -2.33. The Labute approximate surface area is 180 Å². The highest BCUT2D eigenvalue weighted by atomic mass is 19.1. The number of halogens is 1. The van der Waals surface area contributed by atoms with Gasteiger partial charge in [-0.2, -0.15) is 4.98 Å². The molecule has 31 heavy (non-hydrogen) atoms. The van der Waals surface area contributed by atoms with Gasteiger partial charge in [0.15, 0.2) is 5.65 Å². The van der Waals surface area contributed by atoms with Crippen molar-refractivity contribution < 1.29 is 9.18 Å².